The van der Waals surface area contributed by atoms with Crippen LogP contribution in [0, 0.1) is 0 Å². The third kappa shape index (κ3) is 7.94. The summed E-state index contributed by atoms with van der Waals surface area (Å²) in [5, 5.41) is 6.17. The number of halogens is 3. The smallest absolute Gasteiger partial charge is 0.416 e. The van der Waals surface area contributed by atoms with Gasteiger partial charge in [0, 0.05) is 18.5 Å². The Morgan fingerprint density at radius 3 is 2.47 bits per heavy atom. The van der Waals surface area contributed by atoms with E-state index in [0.717, 1.165) is 17.7 Å². The van der Waals surface area contributed by atoms with Crippen LogP contribution in [0.1, 0.15) is 37.8 Å². The van der Waals surface area contributed by atoms with Crippen LogP contribution in [-0.4, -0.2) is 24.1 Å². The molecule has 2 N–H and O–H groups in total. The second kappa shape index (κ2) is 10.4. The normalized spacial score (nSPS) is 11.5. The quantitative estimate of drug-likeness (QED) is 0.491. The molecule has 0 spiro atoms. The van der Waals surface area contributed by atoms with Crippen molar-refractivity contribution in [1.29, 1.82) is 0 Å². The number of alkyl halides is 3. The van der Waals surface area contributed by atoms with Crippen LogP contribution in [-0.2, 0) is 15.8 Å². The molecule has 0 saturated carbocycles. The maximum atomic E-state index is 12.7. The molecule has 0 atom stereocenters. The van der Waals surface area contributed by atoms with Gasteiger partial charge in [-0.1, -0.05) is 18.2 Å². The van der Waals surface area contributed by atoms with Crippen molar-refractivity contribution < 1.29 is 27.5 Å². The summed E-state index contributed by atoms with van der Waals surface area (Å²) < 4.78 is 43.6. The number of rotatable bonds is 8. The lowest BCUT2D eigenvalue weighted by atomic mass is 10.2. The van der Waals surface area contributed by atoms with Gasteiger partial charge in [0.15, 0.2) is 0 Å². The topological polar surface area (TPSA) is 79.8 Å². The molecular weight excluding hydrogens is 399 g/mol. The largest absolute Gasteiger partial charge is 0.491 e. The van der Waals surface area contributed by atoms with Gasteiger partial charge in [0.25, 0.3) is 0 Å². The van der Waals surface area contributed by atoms with E-state index in [9.17, 15) is 22.8 Å². The molecule has 2 aromatic rings. The number of hydrogen-bond acceptors (Lipinski definition) is 4. The second-order valence-corrected chi connectivity index (χ2v) is 6.66. The van der Waals surface area contributed by atoms with Gasteiger partial charge in [0.05, 0.1) is 17.9 Å². The van der Waals surface area contributed by atoms with Crippen LogP contribution in [0.15, 0.2) is 53.6 Å². The molecule has 9 heteroatoms. The minimum Gasteiger partial charge on any atom is -0.491 e. The van der Waals surface area contributed by atoms with Crippen LogP contribution in [0.4, 0.5) is 18.9 Å². The van der Waals surface area contributed by atoms with Gasteiger partial charge in [0.1, 0.15) is 5.75 Å². The van der Waals surface area contributed by atoms with Crippen molar-refractivity contribution in [2.75, 3.05) is 5.32 Å². The number of anilines is 1. The highest BCUT2D eigenvalue weighted by molar-refractivity contribution is 5.93. The number of hydrazone groups is 1. The fourth-order valence-electron chi connectivity index (χ4n) is 2.40. The Kier molecular flexibility index (Phi) is 7.97. The first-order chi connectivity index (χ1) is 14.1. The molecule has 0 saturated heterocycles. The van der Waals surface area contributed by atoms with Crippen molar-refractivity contribution in [2.45, 2.75) is 39.0 Å². The Labute approximate surface area is 172 Å². The summed E-state index contributed by atoms with van der Waals surface area (Å²) in [7, 11) is 0. The average Bonchev–Trinajstić information content (AvgIpc) is 2.66. The number of benzene rings is 2. The molecule has 0 aromatic heterocycles. The van der Waals surface area contributed by atoms with Crippen molar-refractivity contribution in [1.82, 2.24) is 5.43 Å². The highest BCUT2D eigenvalue weighted by Crippen LogP contribution is 2.30. The van der Waals surface area contributed by atoms with Crippen molar-refractivity contribution in [2.24, 2.45) is 5.10 Å². The maximum Gasteiger partial charge on any atom is 0.416 e. The van der Waals surface area contributed by atoms with Crippen LogP contribution < -0.4 is 15.5 Å². The Morgan fingerprint density at radius 1 is 1.07 bits per heavy atom. The molecule has 2 amide bonds. The summed E-state index contributed by atoms with van der Waals surface area (Å²) in [6.07, 6.45) is -3.40. The molecule has 30 heavy (non-hydrogen) atoms. The van der Waals surface area contributed by atoms with Crippen LogP contribution in [0.5, 0.6) is 5.75 Å². The van der Waals surface area contributed by atoms with E-state index in [4.69, 9.17) is 4.74 Å². The highest BCUT2D eigenvalue weighted by atomic mass is 19.4. The van der Waals surface area contributed by atoms with Crippen molar-refractivity contribution in [3.05, 3.63) is 59.7 Å². The lowest BCUT2D eigenvalue weighted by molar-refractivity contribution is -0.137. The molecule has 0 heterocycles. The fraction of sp³-hybridized carbons (Fsp3) is 0.286. The fourth-order valence-corrected chi connectivity index (χ4v) is 2.40. The van der Waals surface area contributed by atoms with Gasteiger partial charge >= 0.3 is 6.18 Å². The van der Waals surface area contributed by atoms with Gasteiger partial charge < -0.3 is 10.1 Å². The minimum absolute atomic E-state index is 0.0109. The van der Waals surface area contributed by atoms with E-state index >= 15 is 0 Å². The zero-order valence-corrected chi connectivity index (χ0v) is 16.5. The zero-order chi connectivity index (χ0) is 22.1. The summed E-state index contributed by atoms with van der Waals surface area (Å²) in [6.45, 7) is 3.81. The van der Waals surface area contributed by atoms with Crippen molar-refractivity contribution >= 4 is 23.7 Å². The molecule has 0 unspecified atom stereocenters. The minimum atomic E-state index is -4.50. The summed E-state index contributed by atoms with van der Waals surface area (Å²) in [4.78, 5) is 23.7. The van der Waals surface area contributed by atoms with Gasteiger partial charge in [-0.3, -0.25) is 9.59 Å². The van der Waals surface area contributed by atoms with E-state index in [1.54, 1.807) is 24.3 Å². The Hall–Kier alpha value is -3.36. The standard InChI is InChI=1S/C21H22F3N3O3/c1-14(2)30-18-8-3-5-15(11-18)13-25-27-20(29)10-9-19(28)26-17-7-4-6-16(12-17)21(22,23)24/h3-8,11-14H,9-10H2,1-2H3,(H,26,28)(H,27,29). The Bertz CT molecular complexity index is 912. The lowest BCUT2D eigenvalue weighted by Gasteiger charge is -2.10. The third-order valence-corrected chi connectivity index (χ3v) is 3.69. The van der Waals surface area contributed by atoms with Gasteiger partial charge in [0.2, 0.25) is 11.8 Å². The van der Waals surface area contributed by atoms with Crippen LogP contribution in [0.3, 0.4) is 0 Å². The summed E-state index contributed by atoms with van der Waals surface area (Å²) in [5.74, 6) is -0.404. The van der Waals surface area contributed by atoms with E-state index < -0.39 is 23.6 Å². The van der Waals surface area contributed by atoms with Crippen molar-refractivity contribution in [3.8, 4) is 5.75 Å². The van der Waals surface area contributed by atoms with Crippen molar-refractivity contribution in [3.63, 3.8) is 0 Å². The van der Waals surface area contributed by atoms with E-state index in [-0.39, 0.29) is 24.6 Å². The van der Waals surface area contributed by atoms with E-state index in [2.05, 4.69) is 15.8 Å². The number of nitrogens with one attached hydrogen (secondary N) is 2. The second-order valence-electron chi connectivity index (χ2n) is 6.66. The molecule has 0 fully saturated rings. The number of amides is 2. The third-order valence-electron chi connectivity index (χ3n) is 3.69. The number of nitrogens with zero attached hydrogens (tertiary/aromatic N) is 1. The SMILES string of the molecule is CC(C)Oc1cccc(C=NNC(=O)CCC(=O)Nc2cccc(C(F)(F)F)c2)c1. The van der Waals surface area contributed by atoms with Gasteiger partial charge in [-0.15, -0.1) is 0 Å². The molecule has 0 aliphatic carbocycles. The highest BCUT2D eigenvalue weighted by Gasteiger charge is 2.30. The van der Waals surface area contributed by atoms with Crippen LogP contribution in [0.2, 0.25) is 0 Å². The predicted octanol–water partition coefficient (Wildman–Crippen LogP) is 4.36. The summed E-state index contributed by atoms with van der Waals surface area (Å²) in [5.41, 5.74) is 2.16. The molecular formula is C21H22F3N3O3. The first-order valence-electron chi connectivity index (χ1n) is 9.19. The number of carbonyl (C=O) groups excluding carboxylic acids is 2. The van der Waals surface area contributed by atoms with Gasteiger partial charge in [-0.25, -0.2) is 5.43 Å². The maximum absolute atomic E-state index is 12.7. The van der Waals surface area contributed by atoms with Crippen LogP contribution in [0.25, 0.3) is 0 Å². The molecule has 160 valence electrons. The summed E-state index contributed by atoms with van der Waals surface area (Å²) in [6, 6.07) is 11.4. The number of hydrogen-bond donors (Lipinski definition) is 2. The Morgan fingerprint density at radius 2 is 1.77 bits per heavy atom. The molecule has 6 nitrogen and oxygen atoms in total. The molecule has 0 aliphatic heterocycles. The molecule has 0 bridgehead atoms. The monoisotopic (exact) mass is 421 g/mol. The lowest BCUT2D eigenvalue weighted by Crippen LogP contribution is -2.20. The van der Waals surface area contributed by atoms with Crippen LogP contribution >= 0.6 is 0 Å². The first-order valence-corrected chi connectivity index (χ1v) is 9.19. The molecule has 2 rings (SSSR count). The average molecular weight is 421 g/mol. The predicted molar refractivity (Wildman–Crippen MR) is 107 cm³/mol. The summed E-state index contributed by atoms with van der Waals surface area (Å²) >= 11 is 0. The number of ether oxygens (including phenoxy) is 1. The number of carbonyl (C=O) groups is 2. The Balaban J connectivity index is 1.79. The van der Waals surface area contributed by atoms with Gasteiger partial charge in [-0.05, 0) is 49.7 Å². The van der Waals surface area contributed by atoms with E-state index in [1.165, 1.54) is 18.3 Å². The zero-order valence-electron chi connectivity index (χ0n) is 16.5. The van der Waals surface area contributed by atoms with E-state index in [0.29, 0.717) is 5.75 Å². The van der Waals surface area contributed by atoms with Gasteiger partial charge in [-0.2, -0.15) is 18.3 Å². The molecule has 2 aromatic carbocycles. The molecule has 0 aliphatic rings. The first kappa shape index (κ1) is 22.9. The molecule has 0 radical (unpaired) electrons. The van der Waals surface area contributed by atoms with E-state index in [1.807, 2.05) is 13.8 Å².